The summed E-state index contributed by atoms with van der Waals surface area (Å²) in [4.78, 5) is 0. The van der Waals surface area contributed by atoms with Gasteiger partial charge in [0, 0.05) is 5.56 Å². The number of nitrogens with one attached hydrogen (secondary N) is 1. The summed E-state index contributed by atoms with van der Waals surface area (Å²) in [7, 11) is 0. The minimum absolute atomic E-state index is 0.0591. The number of halogens is 2. The van der Waals surface area contributed by atoms with Gasteiger partial charge in [-0.15, -0.1) is 0 Å². The van der Waals surface area contributed by atoms with E-state index in [0.29, 0.717) is 5.56 Å². The molecule has 0 bridgehead atoms. The van der Waals surface area contributed by atoms with Crippen LogP contribution >= 0.6 is 0 Å². The van der Waals surface area contributed by atoms with E-state index < -0.39 is 17.5 Å². The first kappa shape index (κ1) is 13.0. The van der Waals surface area contributed by atoms with Crippen LogP contribution in [-0.4, -0.2) is 5.84 Å². The van der Waals surface area contributed by atoms with Crippen LogP contribution in [-0.2, 0) is 6.61 Å². The van der Waals surface area contributed by atoms with Crippen molar-refractivity contribution in [3.8, 4) is 5.75 Å². The molecule has 0 aliphatic heterocycles. The topological polar surface area (TPSA) is 59.1 Å². The van der Waals surface area contributed by atoms with Crippen molar-refractivity contribution in [2.75, 3.05) is 0 Å². The molecule has 0 unspecified atom stereocenters. The molecule has 19 heavy (non-hydrogen) atoms. The Morgan fingerprint density at radius 3 is 2.42 bits per heavy atom. The second kappa shape index (κ2) is 5.48. The number of nitrogens with two attached hydrogens (primary N) is 1. The molecule has 0 saturated carbocycles. The summed E-state index contributed by atoms with van der Waals surface area (Å²) in [5, 5.41) is 7.33. The summed E-state index contributed by atoms with van der Waals surface area (Å²) in [5.41, 5.74) is 5.54. The van der Waals surface area contributed by atoms with Crippen molar-refractivity contribution in [3.63, 3.8) is 0 Å². The lowest BCUT2D eigenvalue weighted by Crippen LogP contribution is -2.15. The third kappa shape index (κ3) is 2.88. The Kier molecular flexibility index (Phi) is 3.75. The zero-order chi connectivity index (χ0) is 13.8. The normalized spacial score (nSPS) is 10.2. The molecule has 3 nitrogen and oxygen atoms in total. The molecule has 3 N–H and O–H groups in total. The Hall–Kier alpha value is -2.43. The summed E-state index contributed by atoms with van der Waals surface area (Å²) < 4.78 is 32.3. The van der Waals surface area contributed by atoms with Crippen LogP contribution in [0.1, 0.15) is 11.1 Å². The van der Waals surface area contributed by atoms with E-state index in [4.69, 9.17) is 15.9 Å². The Morgan fingerprint density at radius 1 is 1.05 bits per heavy atom. The van der Waals surface area contributed by atoms with Crippen LogP contribution in [0.4, 0.5) is 8.78 Å². The Bertz CT molecular complexity index is 614. The molecule has 0 aliphatic rings. The lowest BCUT2D eigenvalue weighted by molar-refractivity contribution is 0.297. The molecule has 0 aromatic heterocycles. The number of ether oxygens (including phenoxy) is 1. The molecular weight excluding hydrogens is 250 g/mol. The fourth-order valence-electron chi connectivity index (χ4n) is 1.66. The number of nitrogen functional groups attached to an aromatic ring is 1. The van der Waals surface area contributed by atoms with Gasteiger partial charge in [-0.2, -0.15) is 0 Å². The summed E-state index contributed by atoms with van der Waals surface area (Å²) >= 11 is 0. The molecule has 0 radical (unpaired) electrons. The standard InChI is InChI=1S/C14H12F2N2O/c15-10-5-2-1-4-9(10)8-19-12-7-3-6-11(16)13(12)14(17)18/h1-7H,8H2,(H3,17,18). The number of hydrogen-bond donors (Lipinski definition) is 2. The molecule has 2 aromatic rings. The molecule has 2 aromatic carbocycles. The predicted molar refractivity (Wildman–Crippen MR) is 68.1 cm³/mol. The molecule has 5 heteroatoms. The first-order chi connectivity index (χ1) is 9.09. The van der Waals surface area contributed by atoms with Crippen molar-refractivity contribution in [1.29, 1.82) is 5.41 Å². The van der Waals surface area contributed by atoms with E-state index in [1.165, 1.54) is 24.3 Å². The van der Waals surface area contributed by atoms with E-state index in [9.17, 15) is 8.78 Å². The first-order valence-corrected chi connectivity index (χ1v) is 5.58. The lowest BCUT2D eigenvalue weighted by Gasteiger charge is -2.11. The molecule has 0 spiro atoms. The first-order valence-electron chi connectivity index (χ1n) is 5.58. The molecule has 0 heterocycles. The van der Waals surface area contributed by atoms with Crippen molar-refractivity contribution < 1.29 is 13.5 Å². The minimum atomic E-state index is -0.640. The van der Waals surface area contributed by atoms with Crippen LogP contribution < -0.4 is 10.5 Å². The number of rotatable bonds is 4. The van der Waals surface area contributed by atoms with Crippen molar-refractivity contribution in [2.24, 2.45) is 5.73 Å². The van der Waals surface area contributed by atoms with E-state index in [1.54, 1.807) is 18.2 Å². The van der Waals surface area contributed by atoms with Crippen molar-refractivity contribution in [2.45, 2.75) is 6.61 Å². The highest BCUT2D eigenvalue weighted by molar-refractivity contribution is 5.97. The van der Waals surface area contributed by atoms with Gasteiger partial charge >= 0.3 is 0 Å². The average Bonchev–Trinajstić information content (AvgIpc) is 2.37. The van der Waals surface area contributed by atoms with Gasteiger partial charge < -0.3 is 10.5 Å². The second-order valence-corrected chi connectivity index (χ2v) is 3.91. The highest BCUT2D eigenvalue weighted by atomic mass is 19.1. The van der Waals surface area contributed by atoms with Gasteiger partial charge in [-0.25, -0.2) is 8.78 Å². The van der Waals surface area contributed by atoms with Crippen molar-refractivity contribution in [1.82, 2.24) is 0 Å². The molecule has 2 rings (SSSR count). The van der Waals surface area contributed by atoms with Gasteiger partial charge in [0.25, 0.3) is 0 Å². The van der Waals surface area contributed by atoms with Crippen LogP contribution in [0, 0.1) is 17.0 Å². The monoisotopic (exact) mass is 262 g/mol. The zero-order valence-electron chi connectivity index (χ0n) is 9.99. The third-order valence-electron chi connectivity index (χ3n) is 2.59. The summed E-state index contributed by atoms with van der Waals surface area (Å²) in [6.07, 6.45) is 0. The summed E-state index contributed by atoms with van der Waals surface area (Å²) in [6.45, 7) is -0.0591. The van der Waals surface area contributed by atoms with E-state index >= 15 is 0 Å². The van der Waals surface area contributed by atoms with E-state index in [2.05, 4.69) is 0 Å². The minimum Gasteiger partial charge on any atom is -0.488 e. The maximum absolute atomic E-state index is 13.5. The summed E-state index contributed by atoms with van der Waals surface area (Å²) in [6, 6.07) is 10.3. The average molecular weight is 262 g/mol. The molecular formula is C14H12F2N2O. The van der Waals surface area contributed by atoms with Crippen molar-refractivity contribution in [3.05, 3.63) is 65.2 Å². The highest BCUT2D eigenvalue weighted by Crippen LogP contribution is 2.22. The zero-order valence-corrected chi connectivity index (χ0v) is 9.99. The molecule has 0 fully saturated rings. The predicted octanol–water partition coefficient (Wildman–Crippen LogP) is 2.83. The molecule has 0 amide bonds. The second-order valence-electron chi connectivity index (χ2n) is 3.91. The van der Waals surface area contributed by atoms with E-state index in [1.807, 2.05) is 0 Å². The Labute approximate surface area is 109 Å². The van der Waals surface area contributed by atoms with Gasteiger partial charge in [0.05, 0.1) is 5.56 Å². The number of hydrogen-bond acceptors (Lipinski definition) is 2. The van der Waals surface area contributed by atoms with E-state index in [0.717, 1.165) is 0 Å². The molecule has 0 saturated heterocycles. The Balaban J connectivity index is 2.23. The van der Waals surface area contributed by atoms with Gasteiger partial charge in [-0.05, 0) is 18.2 Å². The fourth-order valence-corrected chi connectivity index (χ4v) is 1.66. The summed E-state index contributed by atoms with van der Waals surface area (Å²) in [5.74, 6) is -1.35. The van der Waals surface area contributed by atoms with Gasteiger partial charge in [0.1, 0.15) is 29.8 Å². The highest BCUT2D eigenvalue weighted by Gasteiger charge is 2.13. The molecule has 0 aliphatic carbocycles. The quantitative estimate of drug-likeness (QED) is 0.657. The van der Waals surface area contributed by atoms with Crippen LogP contribution in [0.25, 0.3) is 0 Å². The molecule has 98 valence electrons. The lowest BCUT2D eigenvalue weighted by atomic mass is 10.1. The largest absolute Gasteiger partial charge is 0.488 e. The molecule has 0 atom stereocenters. The fraction of sp³-hybridized carbons (Fsp3) is 0.0714. The van der Waals surface area contributed by atoms with Crippen molar-refractivity contribution >= 4 is 5.84 Å². The number of benzene rings is 2. The number of amidine groups is 1. The van der Waals surface area contributed by atoms with Gasteiger partial charge in [-0.3, -0.25) is 5.41 Å². The van der Waals surface area contributed by atoms with Crippen LogP contribution in [0.15, 0.2) is 42.5 Å². The van der Waals surface area contributed by atoms with E-state index in [-0.39, 0.29) is 17.9 Å². The van der Waals surface area contributed by atoms with Gasteiger partial charge in [0.15, 0.2) is 0 Å². The van der Waals surface area contributed by atoms with Crippen LogP contribution in [0.2, 0.25) is 0 Å². The van der Waals surface area contributed by atoms with Crippen LogP contribution in [0.5, 0.6) is 5.75 Å². The Morgan fingerprint density at radius 2 is 1.74 bits per heavy atom. The maximum Gasteiger partial charge on any atom is 0.137 e. The van der Waals surface area contributed by atoms with Gasteiger partial charge in [-0.1, -0.05) is 24.3 Å². The van der Waals surface area contributed by atoms with Gasteiger partial charge in [0.2, 0.25) is 0 Å². The smallest absolute Gasteiger partial charge is 0.137 e. The van der Waals surface area contributed by atoms with Crippen LogP contribution in [0.3, 0.4) is 0 Å². The third-order valence-corrected chi connectivity index (χ3v) is 2.59. The maximum atomic E-state index is 13.5. The SMILES string of the molecule is N=C(N)c1c(F)cccc1OCc1ccccc1F.